The lowest BCUT2D eigenvalue weighted by atomic mass is 9.54. The second-order valence-corrected chi connectivity index (χ2v) is 12.8. The lowest BCUT2D eigenvalue weighted by molar-refractivity contribution is -0.124. The van der Waals surface area contributed by atoms with Crippen molar-refractivity contribution in [3.63, 3.8) is 0 Å². The van der Waals surface area contributed by atoms with Crippen LogP contribution in [0.15, 0.2) is 24.3 Å². The van der Waals surface area contributed by atoms with Crippen molar-refractivity contribution in [1.82, 2.24) is 0 Å². The maximum atomic E-state index is 12.7. The minimum atomic E-state index is -0.358. The molecule has 8 saturated carbocycles. The Balaban J connectivity index is 0.935. The van der Waals surface area contributed by atoms with Crippen LogP contribution < -0.4 is 10.6 Å². The monoisotopic (exact) mass is 464 g/mol. The van der Waals surface area contributed by atoms with Crippen LogP contribution in [0.2, 0.25) is 0 Å². The average Bonchev–Trinajstić information content (AvgIpc) is 2.72. The summed E-state index contributed by atoms with van der Waals surface area (Å²) >= 11 is 0. The molecule has 0 atom stereocenters. The maximum Gasteiger partial charge on any atom is 0.412 e. The van der Waals surface area contributed by atoms with Gasteiger partial charge in [-0.3, -0.25) is 10.6 Å². The van der Waals surface area contributed by atoms with Crippen LogP contribution in [0.5, 0.6) is 0 Å². The van der Waals surface area contributed by atoms with Crippen LogP contribution in [0.25, 0.3) is 0 Å². The first-order valence-corrected chi connectivity index (χ1v) is 13.5. The summed E-state index contributed by atoms with van der Waals surface area (Å²) < 4.78 is 12.1. The van der Waals surface area contributed by atoms with Crippen molar-refractivity contribution in [3.05, 3.63) is 24.3 Å². The van der Waals surface area contributed by atoms with Crippen molar-refractivity contribution in [1.29, 1.82) is 0 Å². The molecule has 8 bridgehead atoms. The molecule has 8 aliphatic rings. The van der Waals surface area contributed by atoms with Gasteiger partial charge in [-0.15, -0.1) is 0 Å². The van der Waals surface area contributed by atoms with Gasteiger partial charge in [0.15, 0.2) is 0 Å². The van der Waals surface area contributed by atoms with Gasteiger partial charge in [-0.05, 0) is 137 Å². The zero-order valence-electron chi connectivity index (χ0n) is 19.9. The van der Waals surface area contributed by atoms with E-state index in [-0.39, 0.29) is 23.4 Å². The predicted octanol–water partition coefficient (Wildman–Crippen LogP) is 6.72. The Bertz CT molecular complexity index is 837. The molecule has 6 nitrogen and oxygen atoms in total. The van der Waals surface area contributed by atoms with Crippen molar-refractivity contribution in [3.8, 4) is 0 Å². The number of carbonyl (C=O) groups is 2. The van der Waals surface area contributed by atoms with Gasteiger partial charge in [0.2, 0.25) is 0 Å². The number of ether oxygens (including phenoxy) is 2. The van der Waals surface area contributed by atoms with Crippen LogP contribution in [0.1, 0.15) is 77.0 Å². The highest BCUT2D eigenvalue weighted by Gasteiger charge is 2.54. The van der Waals surface area contributed by atoms with Crippen LogP contribution >= 0.6 is 0 Å². The molecule has 1 aromatic rings. The number of benzene rings is 1. The third-order valence-corrected chi connectivity index (χ3v) is 9.96. The molecule has 0 heterocycles. The summed E-state index contributed by atoms with van der Waals surface area (Å²) in [6, 6.07) is 7.23. The van der Waals surface area contributed by atoms with E-state index in [9.17, 15) is 9.59 Å². The van der Waals surface area contributed by atoms with Crippen molar-refractivity contribution in [2.75, 3.05) is 10.6 Å². The summed E-state index contributed by atoms with van der Waals surface area (Å²) in [5, 5.41) is 5.79. The quantitative estimate of drug-likeness (QED) is 0.518. The topological polar surface area (TPSA) is 76.7 Å². The summed E-state index contributed by atoms with van der Waals surface area (Å²) in [5.41, 5.74) is 0.854. The third kappa shape index (κ3) is 3.87. The van der Waals surface area contributed by atoms with Crippen LogP contribution in [-0.2, 0) is 9.47 Å². The first kappa shape index (κ1) is 21.1. The first-order chi connectivity index (χ1) is 16.4. The van der Waals surface area contributed by atoms with Gasteiger partial charge in [-0.25, -0.2) is 9.59 Å². The highest BCUT2D eigenvalue weighted by molar-refractivity contribution is 5.87. The number of hydrogen-bond acceptors (Lipinski definition) is 4. The van der Waals surface area contributed by atoms with Gasteiger partial charge in [-0.2, -0.15) is 0 Å². The number of amides is 2. The normalized spacial score (nSPS) is 42.9. The molecular formula is C28H36N2O4. The standard InChI is InChI=1S/C28H36N2O4/c31-25(33-27-11-17-5-18(12-27)7-19(6-17)13-27)29-23-1-2-24(4-3-23)30-26(32)34-28-14-20-8-21(15-28)10-22(9-20)16-28/h1-4,17-22H,5-16H2,(H,29,31)(H,30,32). The van der Waals surface area contributed by atoms with E-state index in [1.54, 1.807) is 24.3 Å². The van der Waals surface area contributed by atoms with E-state index in [1.165, 1.54) is 38.5 Å². The van der Waals surface area contributed by atoms with Gasteiger partial charge < -0.3 is 9.47 Å². The minimum Gasteiger partial charge on any atom is -0.443 e. The average molecular weight is 465 g/mol. The SMILES string of the molecule is O=C(Nc1ccc(NC(=O)OC23CC4CC(CC(C4)C2)C3)cc1)OC12CC3CC(CC(C3)C1)C2. The number of carbonyl (C=O) groups excluding carboxylic acids is 2. The zero-order valence-corrected chi connectivity index (χ0v) is 19.9. The molecule has 1 aromatic carbocycles. The third-order valence-electron chi connectivity index (χ3n) is 9.96. The van der Waals surface area contributed by atoms with Crippen molar-refractivity contribution in [2.45, 2.75) is 88.3 Å². The van der Waals surface area contributed by atoms with Gasteiger partial charge in [0.05, 0.1) is 0 Å². The Labute approximate surface area is 201 Å². The molecule has 34 heavy (non-hydrogen) atoms. The Morgan fingerprint density at radius 2 is 0.824 bits per heavy atom. The number of nitrogens with one attached hydrogen (secondary N) is 2. The summed E-state index contributed by atoms with van der Waals surface area (Å²) in [5.74, 6) is 4.43. The van der Waals surface area contributed by atoms with Crippen molar-refractivity contribution in [2.24, 2.45) is 35.5 Å². The molecule has 0 aromatic heterocycles. The molecule has 6 heteroatoms. The first-order valence-electron chi connectivity index (χ1n) is 13.5. The Morgan fingerprint density at radius 3 is 1.09 bits per heavy atom. The molecule has 8 fully saturated rings. The summed E-state index contributed by atoms with van der Waals surface area (Å²) in [4.78, 5) is 25.4. The van der Waals surface area contributed by atoms with Crippen LogP contribution in [0.3, 0.4) is 0 Å². The van der Waals surface area contributed by atoms with Gasteiger partial charge in [0, 0.05) is 11.4 Å². The fourth-order valence-corrected chi connectivity index (χ4v) is 9.63. The van der Waals surface area contributed by atoms with E-state index in [4.69, 9.17) is 9.47 Å². The van der Waals surface area contributed by atoms with Crippen molar-refractivity contribution >= 4 is 23.6 Å². The van der Waals surface area contributed by atoms with E-state index in [2.05, 4.69) is 10.6 Å². The van der Waals surface area contributed by atoms with Gasteiger partial charge >= 0.3 is 12.2 Å². The van der Waals surface area contributed by atoms with Crippen molar-refractivity contribution < 1.29 is 19.1 Å². The van der Waals surface area contributed by atoms with Crippen LogP contribution in [0.4, 0.5) is 21.0 Å². The predicted molar refractivity (Wildman–Crippen MR) is 128 cm³/mol. The Morgan fingerprint density at radius 1 is 0.559 bits per heavy atom. The molecule has 0 radical (unpaired) electrons. The Kier molecular flexibility index (Phi) is 4.73. The smallest absolute Gasteiger partial charge is 0.412 e. The summed E-state index contributed by atoms with van der Waals surface area (Å²) in [7, 11) is 0. The lowest BCUT2D eigenvalue weighted by Gasteiger charge is -2.55. The lowest BCUT2D eigenvalue weighted by Crippen LogP contribution is -2.53. The Hall–Kier alpha value is -2.24. The molecule has 8 aliphatic carbocycles. The molecule has 2 N–H and O–H groups in total. The molecule has 0 saturated heterocycles. The molecule has 2 amide bonds. The summed E-state index contributed by atoms with van der Waals surface area (Å²) in [6.45, 7) is 0. The van der Waals surface area contributed by atoms with E-state index in [0.29, 0.717) is 11.4 Å². The van der Waals surface area contributed by atoms with Gasteiger partial charge in [0.25, 0.3) is 0 Å². The highest BCUT2D eigenvalue weighted by atomic mass is 16.6. The van der Waals surface area contributed by atoms with Gasteiger partial charge in [-0.1, -0.05) is 0 Å². The van der Waals surface area contributed by atoms with E-state index >= 15 is 0 Å². The highest BCUT2D eigenvalue weighted by Crippen LogP contribution is 2.58. The maximum absolute atomic E-state index is 12.7. The van der Waals surface area contributed by atoms with Crippen LogP contribution in [-0.4, -0.2) is 23.4 Å². The van der Waals surface area contributed by atoms with Gasteiger partial charge in [0.1, 0.15) is 11.2 Å². The molecule has 9 rings (SSSR count). The number of rotatable bonds is 4. The molecule has 0 spiro atoms. The molecule has 0 aliphatic heterocycles. The molecular weight excluding hydrogens is 428 g/mol. The largest absolute Gasteiger partial charge is 0.443 e. The minimum absolute atomic E-state index is 0.249. The van der Waals surface area contributed by atoms with E-state index < -0.39 is 0 Å². The van der Waals surface area contributed by atoms with E-state index in [1.807, 2.05) is 0 Å². The fourth-order valence-electron chi connectivity index (χ4n) is 9.63. The number of hydrogen-bond donors (Lipinski definition) is 2. The number of anilines is 2. The fraction of sp³-hybridized carbons (Fsp3) is 0.714. The van der Waals surface area contributed by atoms with E-state index in [0.717, 1.165) is 74.0 Å². The second kappa shape index (κ2) is 7.63. The summed E-state index contributed by atoms with van der Waals surface area (Å²) in [6.07, 6.45) is 13.4. The second-order valence-electron chi connectivity index (χ2n) is 12.8. The molecule has 0 unspecified atom stereocenters. The zero-order chi connectivity index (χ0) is 22.9. The van der Waals surface area contributed by atoms with Crippen LogP contribution in [0, 0.1) is 35.5 Å². The molecule has 182 valence electrons.